The minimum atomic E-state index is -1.34. The first kappa shape index (κ1) is 19.1. The molecule has 0 fully saturated rings. The Labute approximate surface area is 139 Å². The fourth-order valence-electron chi connectivity index (χ4n) is 1.72. The van der Waals surface area contributed by atoms with E-state index in [1.165, 1.54) is 19.9 Å². The highest BCUT2D eigenvalue weighted by Crippen LogP contribution is 2.16. The number of nitro groups is 1. The highest BCUT2D eigenvalue weighted by atomic mass is 16.6. The van der Waals surface area contributed by atoms with Crippen LogP contribution in [0.4, 0.5) is 4.79 Å². The maximum absolute atomic E-state index is 11.7. The third kappa shape index (κ3) is 6.47. The van der Waals surface area contributed by atoms with Gasteiger partial charge in [0.15, 0.2) is 0 Å². The monoisotopic (exact) mass is 336 g/mol. The van der Waals surface area contributed by atoms with Crippen LogP contribution in [0.5, 0.6) is 0 Å². The number of carboxylic acid groups (broad SMARTS) is 1. The Bertz CT molecular complexity index is 625. The second-order valence-electron chi connectivity index (χ2n) is 5.72. The van der Waals surface area contributed by atoms with E-state index in [4.69, 9.17) is 9.84 Å². The summed E-state index contributed by atoms with van der Waals surface area (Å²) in [5.41, 5.74) is -0.776. The molecule has 0 saturated carbocycles. The number of rotatable bonds is 8. The molecule has 0 radical (unpaired) electrons. The van der Waals surface area contributed by atoms with Gasteiger partial charge in [-0.25, -0.2) is 9.59 Å². The first-order valence-electron chi connectivity index (χ1n) is 7.28. The van der Waals surface area contributed by atoms with Gasteiger partial charge < -0.3 is 9.84 Å². The number of hydrogen-bond acceptors (Lipinski definition) is 5. The maximum Gasteiger partial charge on any atom is 0.412 e. The normalized spacial score (nSPS) is 11.7. The lowest BCUT2D eigenvalue weighted by atomic mass is 9.99. The van der Waals surface area contributed by atoms with E-state index in [0.717, 1.165) is 5.56 Å². The van der Waals surface area contributed by atoms with Gasteiger partial charge in [0.05, 0.1) is 0 Å². The first-order valence-corrected chi connectivity index (χ1v) is 7.28. The van der Waals surface area contributed by atoms with Crippen molar-refractivity contribution in [3.63, 3.8) is 0 Å². The lowest BCUT2D eigenvalue weighted by molar-refractivity contribution is -0.561. The van der Waals surface area contributed by atoms with E-state index in [1.807, 2.05) is 6.07 Å². The van der Waals surface area contributed by atoms with Crippen LogP contribution in [0, 0.1) is 10.1 Å². The molecule has 0 aliphatic carbocycles. The second-order valence-corrected chi connectivity index (χ2v) is 5.72. The molecule has 1 aromatic carbocycles. The Morgan fingerprint density at radius 1 is 1.33 bits per heavy atom. The van der Waals surface area contributed by atoms with Crippen molar-refractivity contribution in [2.24, 2.45) is 0 Å². The van der Waals surface area contributed by atoms with Crippen LogP contribution >= 0.6 is 0 Å². The molecular weight excluding hydrogens is 316 g/mol. The number of carbonyl (C=O) groups is 2. The number of allylic oxidation sites excluding steroid dienone is 1. The standard InChI is InChI=1S/C16H20N2O6/c1-16(2,18(22)23)10-6-9-13(14(19)20)17-15(21)24-11-12-7-4-3-5-8-12/h3-5,7-9H,6,10-11H2,1-2H3,(H,17,21)(H,19,20). The summed E-state index contributed by atoms with van der Waals surface area (Å²) < 4.78 is 4.93. The molecule has 1 rings (SSSR count). The van der Waals surface area contributed by atoms with E-state index in [1.54, 1.807) is 24.3 Å². The lowest BCUT2D eigenvalue weighted by Crippen LogP contribution is -2.31. The van der Waals surface area contributed by atoms with Crippen LogP contribution in [0.25, 0.3) is 0 Å². The summed E-state index contributed by atoms with van der Waals surface area (Å²) in [6.45, 7) is 2.90. The van der Waals surface area contributed by atoms with Gasteiger partial charge in [-0.2, -0.15) is 0 Å². The molecule has 0 bridgehead atoms. The van der Waals surface area contributed by atoms with Crippen molar-refractivity contribution in [2.45, 2.75) is 38.8 Å². The number of benzene rings is 1. The molecule has 0 atom stereocenters. The number of alkyl carbamates (subject to hydrolysis) is 1. The Kier molecular flexibility index (Phi) is 6.91. The summed E-state index contributed by atoms with van der Waals surface area (Å²) in [5.74, 6) is -1.34. The molecule has 1 amide bonds. The van der Waals surface area contributed by atoms with Crippen molar-refractivity contribution in [3.8, 4) is 0 Å². The number of nitrogens with one attached hydrogen (secondary N) is 1. The molecule has 0 aliphatic rings. The van der Waals surface area contributed by atoms with E-state index >= 15 is 0 Å². The van der Waals surface area contributed by atoms with Crippen LogP contribution in [-0.2, 0) is 16.1 Å². The van der Waals surface area contributed by atoms with Crippen molar-refractivity contribution in [3.05, 3.63) is 57.8 Å². The van der Waals surface area contributed by atoms with Gasteiger partial charge in [0.1, 0.15) is 12.3 Å². The zero-order valence-corrected chi connectivity index (χ0v) is 13.5. The van der Waals surface area contributed by atoms with Gasteiger partial charge in [0, 0.05) is 25.2 Å². The van der Waals surface area contributed by atoms with E-state index in [2.05, 4.69) is 5.32 Å². The second kappa shape index (κ2) is 8.66. The summed E-state index contributed by atoms with van der Waals surface area (Å²) in [6.07, 6.45) is 0.602. The SMILES string of the molecule is CC(C)(CCC=C(NC(=O)OCc1ccccc1)C(=O)O)[N+](=O)[O-]. The predicted molar refractivity (Wildman–Crippen MR) is 85.8 cm³/mol. The Balaban J connectivity index is 2.55. The average Bonchev–Trinajstić information content (AvgIpc) is 2.52. The Morgan fingerprint density at radius 3 is 2.50 bits per heavy atom. The topological polar surface area (TPSA) is 119 Å². The molecule has 130 valence electrons. The highest BCUT2D eigenvalue weighted by Gasteiger charge is 2.29. The van der Waals surface area contributed by atoms with Crippen molar-refractivity contribution < 1.29 is 24.4 Å². The van der Waals surface area contributed by atoms with Crippen LogP contribution in [0.1, 0.15) is 32.3 Å². The van der Waals surface area contributed by atoms with Crippen molar-refractivity contribution in [2.75, 3.05) is 0 Å². The number of ether oxygens (including phenoxy) is 1. The van der Waals surface area contributed by atoms with Gasteiger partial charge in [-0.15, -0.1) is 0 Å². The van der Waals surface area contributed by atoms with Gasteiger partial charge in [0.2, 0.25) is 5.54 Å². The molecule has 0 saturated heterocycles. The van der Waals surface area contributed by atoms with Gasteiger partial charge in [-0.3, -0.25) is 15.4 Å². The molecule has 1 aromatic rings. The maximum atomic E-state index is 11.7. The summed E-state index contributed by atoms with van der Waals surface area (Å²) in [4.78, 5) is 33.2. The number of carbonyl (C=O) groups excluding carboxylic acids is 1. The molecule has 24 heavy (non-hydrogen) atoms. The summed E-state index contributed by atoms with van der Waals surface area (Å²) in [7, 11) is 0. The summed E-state index contributed by atoms with van der Waals surface area (Å²) >= 11 is 0. The van der Waals surface area contributed by atoms with Crippen LogP contribution in [-0.4, -0.2) is 27.6 Å². The third-order valence-corrected chi connectivity index (χ3v) is 3.28. The molecule has 0 aromatic heterocycles. The summed E-state index contributed by atoms with van der Waals surface area (Å²) in [5, 5.41) is 22.0. The number of amides is 1. The van der Waals surface area contributed by atoms with E-state index in [-0.39, 0.29) is 25.1 Å². The largest absolute Gasteiger partial charge is 0.477 e. The zero-order valence-electron chi connectivity index (χ0n) is 13.5. The average molecular weight is 336 g/mol. The smallest absolute Gasteiger partial charge is 0.412 e. The van der Waals surface area contributed by atoms with Crippen molar-refractivity contribution in [1.29, 1.82) is 0 Å². The molecular formula is C16H20N2O6. The fourth-order valence-corrected chi connectivity index (χ4v) is 1.72. The van der Waals surface area contributed by atoms with Crippen LogP contribution in [0.2, 0.25) is 0 Å². The lowest BCUT2D eigenvalue weighted by Gasteiger charge is -2.14. The molecule has 0 aliphatic heterocycles. The third-order valence-electron chi connectivity index (χ3n) is 3.28. The van der Waals surface area contributed by atoms with Crippen molar-refractivity contribution >= 4 is 12.1 Å². The molecule has 8 heteroatoms. The Hall–Kier alpha value is -2.90. The molecule has 8 nitrogen and oxygen atoms in total. The van der Waals surface area contributed by atoms with Gasteiger partial charge in [0.25, 0.3) is 0 Å². The summed E-state index contributed by atoms with van der Waals surface area (Å²) in [6, 6.07) is 8.93. The predicted octanol–water partition coefficient (Wildman–Crippen LogP) is 2.72. The number of aliphatic carboxylic acids is 1. The van der Waals surface area contributed by atoms with E-state index in [9.17, 15) is 19.7 Å². The van der Waals surface area contributed by atoms with Crippen molar-refractivity contribution in [1.82, 2.24) is 5.32 Å². The molecule has 2 N–H and O–H groups in total. The molecule has 0 heterocycles. The fraction of sp³-hybridized carbons (Fsp3) is 0.375. The van der Waals surface area contributed by atoms with E-state index < -0.39 is 22.5 Å². The van der Waals surface area contributed by atoms with Gasteiger partial charge in [-0.1, -0.05) is 36.4 Å². The van der Waals surface area contributed by atoms with Crippen LogP contribution in [0.3, 0.4) is 0 Å². The van der Waals surface area contributed by atoms with Crippen LogP contribution < -0.4 is 5.32 Å². The minimum Gasteiger partial charge on any atom is -0.477 e. The van der Waals surface area contributed by atoms with Gasteiger partial charge in [-0.05, 0) is 12.0 Å². The number of hydrogen-bond donors (Lipinski definition) is 2. The Morgan fingerprint density at radius 2 is 1.96 bits per heavy atom. The quantitative estimate of drug-likeness (QED) is 0.428. The first-order chi connectivity index (χ1) is 11.2. The zero-order chi connectivity index (χ0) is 18.2. The van der Waals surface area contributed by atoms with Gasteiger partial charge >= 0.3 is 12.1 Å². The van der Waals surface area contributed by atoms with Crippen LogP contribution in [0.15, 0.2) is 42.1 Å². The molecule has 0 spiro atoms. The van der Waals surface area contributed by atoms with E-state index in [0.29, 0.717) is 0 Å². The molecule has 0 unspecified atom stereocenters. The highest BCUT2D eigenvalue weighted by molar-refractivity contribution is 5.90. The number of nitrogens with zero attached hydrogens (tertiary/aromatic N) is 1. The number of carboxylic acids is 1. The minimum absolute atomic E-state index is 0.00786.